The molecule has 1 aliphatic heterocycles. The van der Waals surface area contributed by atoms with Gasteiger partial charge in [-0.05, 0) is 31.4 Å². The molecule has 2 N–H and O–H groups in total. The lowest BCUT2D eigenvalue weighted by molar-refractivity contribution is 0.408. The zero-order chi connectivity index (χ0) is 19.1. The molecule has 0 saturated carbocycles. The second-order valence-electron chi connectivity index (χ2n) is 6.73. The third-order valence-electron chi connectivity index (χ3n) is 4.70. The number of aliphatic imine (C=N–C) groups is 1. The molecule has 0 aliphatic carbocycles. The molecule has 0 atom stereocenters. The van der Waals surface area contributed by atoms with Crippen LogP contribution in [-0.4, -0.2) is 44.7 Å². The van der Waals surface area contributed by atoms with E-state index in [2.05, 4.69) is 45.0 Å². The van der Waals surface area contributed by atoms with E-state index < -0.39 is 0 Å². The van der Waals surface area contributed by atoms with Gasteiger partial charge in [0.1, 0.15) is 5.75 Å². The molecule has 0 unspecified atom stereocenters. The summed E-state index contributed by atoms with van der Waals surface area (Å²) in [7, 11) is 3.49. The molecule has 1 aromatic carbocycles. The third kappa shape index (κ3) is 6.23. The number of aromatic nitrogens is 1. The molecular weight excluding hydrogens is 485 g/mol. The lowest BCUT2D eigenvalue weighted by Gasteiger charge is -2.14. The fraction of sp³-hybridized carbons (Fsp3) is 0.500. The van der Waals surface area contributed by atoms with Crippen LogP contribution in [0.5, 0.6) is 5.75 Å². The monoisotopic (exact) mass is 515 g/mol. The topological polar surface area (TPSA) is 61.8 Å². The largest absolute Gasteiger partial charge is 0.496 e. The van der Waals surface area contributed by atoms with Crippen LogP contribution in [0.3, 0.4) is 0 Å². The summed E-state index contributed by atoms with van der Waals surface area (Å²) in [6, 6.07) is 6.23. The first kappa shape index (κ1) is 22.7. The molecule has 0 spiro atoms. The Hall–Kier alpha value is -1.55. The van der Waals surface area contributed by atoms with Crippen molar-refractivity contribution in [2.24, 2.45) is 4.99 Å². The molecule has 2 heterocycles. The van der Waals surface area contributed by atoms with Crippen LogP contribution in [0.1, 0.15) is 29.7 Å². The fourth-order valence-corrected chi connectivity index (χ4v) is 4.08. The minimum absolute atomic E-state index is 0. The average molecular weight is 515 g/mol. The molecule has 0 radical (unpaired) electrons. The third-order valence-corrected chi connectivity index (χ3v) is 5.65. The van der Waals surface area contributed by atoms with Gasteiger partial charge in [0.05, 0.1) is 12.8 Å². The highest BCUT2D eigenvalue weighted by molar-refractivity contribution is 14.0. The summed E-state index contributed by atoms with van der Waals surface area (Å²) in [4.78, 5) is 11.5. The van der Waals surface area contributed by atoms with E-state index in [1.807, 2.05) is 6.07 Å². The van der Waals surface area contributed by atoms with Crippen molar-refractivity contribution in [3.05, 3.63) is 40.4 Å². The highest BCUT2D eigenvalue weighted by atomic mass is 127. The van der Waals surface area contributed by atoms with Gasteiger partial charge in [0.15, 0.2) is 11.1 Å². The molecule has 0 amide bonds. The van der Waals surface area contributed by atoms with Crippen LogP contribution in [0, 0.1) is 6.92 Å². The molecule has 8 heteroatoms. The predicted molar refractivity (Wildman–Crippen MR) is 129 cm³/mol. The maximum atomic E-state index is 5.46. The minimum atomic E-state index is 0. The van der Waals surface area contributed by atoms with Crippen LogP contribution in [0.2, 0.25) is 0 Å². The first-order valence-corrected chi connectivity index (χ1v) is 10.3. The van der Waals surface area contributed by atoms with Crippen LogP contribution in [0.15, 0.2) is 28.6 Å². The van der Waals surface area contributed by atoms with Gasteiger partial charge in [-0.25, -0.2) is 4.98 Å². The summed E-state index contributed by atoms with van der Waals surface area (Å²) in [5.41, 5.74) is 3.44. The van der Waals surface area contributed by atoms with Crippen molar-refractivity contribution in [1.82, 2.24) is 15.6 Å². The number of methoxy groups -OCH3 is 1. The van der Waals surface area contributed by atoms with E-state index in [1.54, 1.807) is 25.5 Å². The minimum Gasteiger partial charge on any atom is -0.496 e. The van der Waals surface area contributed by atoms with E-state index in [9.17, 15) is 0 Å². The zero-order valence-electron chi connectivity index (χ0n) is 16.8. The molecule has 0 bridgehead atoms. The summed E-state index contributed by atoms with van der Waals surface area (Å²) >= 11 is 1.75. The smallest absolute Gasteiger partial charge is 0.191 e. The quantitative estimate of drug-likeness (QED) is 0.336. The summed E-state index contributed by atoms with van der Waals surface area (Å²) in [6.07, 6.45) is 3.45. The number of aryl methyl sites for hydroxylation is 1. The molecule has 6 nitrogen and oxygen atoms in total. The van der Waals surface area contributed by atoms with Crippen molar-refractivity contribution in [3.63, 3.8) is 0 Å². The molecule has 1 aromatic heterocycles. The number of nitrogens with one attached hydrogen (secondary N) is 2. The van der Waals surface area contributed by atoms with Gasteiger partial charge in [-0.2, -0.15) is 0 Å². The Morgan fingerprint density at radius 1 is 1.29 bits per heavy atom. The second-order valence-corrected chi connectivity index (χ2v) is 7.57. The van der Waals surface area contributed by atoms with Crippen molar-refractivity contribution < 1.29 is 4.74 Å². The number of thiazole rings is 1. The van der Waals surface area contributed by atoms with Gasteiger partial charge in [-0.15, -0.1) is 35.3 Å². The second kappa shape index (κ2) is 11.5. The number of nitrogens with zero attached hydrogens (tertiary/aromatic N) is 3. The number of benzene rings is 1. The number of halogens is 1. The Bertz CT molecular complexity index is 774. The van der Waals surface area contributed by atoms with Gasteiger partial charge in [0.2, 0.25) is 0 Å². The normalized spacial score (nSPS) is 14.0. The summed E-state index contributed by atoms with van der Waals surface area (Å²) in [6.45, 7) is 5.81. The zero-order valence-corrected chi connectivity index (χ0v) is 20.0. The number of hydrogen-bond acceptors (Lipinski definition) is 5. The highest BCUT2D eigenvalue weighted by Gasteiger charge is 2.15. The molecule has 3 rings (SSSR count). The highest BCUT2D eigenvalue weighted by Crippen LogP contribution is 2.24. The van der Waals surface area contributed by atoms with Crippen LogP contribution < -0.4 is 20.3 Å². The van der Waals surface area contributed by atoms with Gasteiger partial charge in [-0.3, -0.25) is 4.99 Å². The Balaban J connectivity index is 0.00000280. The number of guanidine groups is 1. The maximum absolute atomic E-state index is 5.46. The van der Waals surface area contributed by atoms with Gasteiger partial charge in [0, 0.05) is 50.6 Å². The first-order valence-electron chi connectivity index (χ1n) is 9.47. The molecule has 1 saturated heterocycles. The predicted octanol–water partition coefficient (Wildman–Crippen LogP) is 3.59. The summed E-state index contributed by atoms with van der Waals surface area (Å²) in [5.74, 6) is 1.68. The van der Waals surface area contributed by atoms with Crippen molar-refractivity contribution in [2.75, 3.05) is 38.7 Å². The van der Waals surface area contributed by atoms with Crippen LogP contribution >= 0.6 is 35.3 Å². The van der Waals surface area contributed by atoms with E-state index in [-0.39, 0.29) is 24.0 Å². The number of ether oxygens (including phenoxy) is 1. The van der Waals surface area contributed by atoms with Gasteiger partial charge in [0.25, 0.3) is 0 Å². The van der Waals surface area contributed by atoms with E-state index in [0.717, 1.165) is 54.2 Å². The molecule has 1 fully saturated rings. The SMILES string of the molecule is CN=C(NCCc1csc(N2CCCC2)n1)NCc1ccc(C)cc1OC.I. The van der Waals surface area contributed by atoms with Crippen LogP contribution in [0.25, 0.3) is 0 Å². The summed E-state index contributed by atoms with van der Waals surface area (Å²) in [5, 5.41) is 10.0. The van der Waals surface area contributed by atoms with Crippen LogP contribution in [0.4, 0.5) is 5.13 Å². The molecule has 1 aliphatic rings. The standard InChI is InChI=1S/C20H29N5OS.HI/c1-15-6-7-16(18(12-15)26-3)13-23-19(21-2)22-9-8-17-14-27-20(24-17)25-10-4-5-11-25;/h6-7,12,14H,4-5,8-11,13H2,1-3H3,(H2,21,22,23);1H. The number of hydrogen-bond donors (Lipinski definition) is 2. The molecule has 2 aromatic rings. The van der Waals surface area contributed by atoms with E-state index >= 15 is 0 Å². The van der Waals surface area contributed by atoms with Crippen molar-refractivity contribution in [2.45, 2.75) is 32.7 Å². The maximum Gasteiger partial charge on any atom is 0.191 e. The molecule has 154 valence electrons. The lowest BCUT2D eigenvalue weighted by atomic mass is 10.1. The number of rotatable bonds is 7. The number of anilines is 1. The van der Waals surface area contributed by atoms with Crippen LogP contribution in [-0.2, 0) is 13.0 Å². The van der Waals surface area contributed by atoms with Gasteiger partial charge in [-0.1, -0.05) is 12.1 Å². The van der Waals surface area contributed by atoms with Crippen molar-refractivity contribution in [1.29, 1.82) is 0 Å². The molecular formula is C20H30IN5OS. The Morgan fingerprint density at radius 2 is 2.07 bits per heavy atom. The van der Waals surface area contributed by atoms with Gasteiger partial charge < -0.3 is 20.3 Å². The molecule has 28 heavy (non-hydrogen) atoms. The van der Waals surface area contributed by atoms with E-state index in [4.69, 9.17) is 9.72 Å². The van der Waals surface area contributed by atoms with E-state index in [0.29, 0.717) is 6.54 Å². The average Bonchev–Trinajstić information content (AvgIpc) is 3.36. The Morgan fingerprint density at radius 3 is 2.79 bits per heavy atom. The Kier molecular flexibility index (Phi) is 9.30. The first-order chi connectivity index (χ1) is 13.2. The lowest BCUT2D eigenvalue weighted by Crippen LogP contribution is -2.38. The van der Waals surface area contributed by atoms with Crippen molar-refractivity contribution >= 4 is 46.4 Å². The summed E-state index contributed by atoms with van der Waals surface area (Å²) < 4.78 is 5.46. The van der Waals surface area contributed by atoms with E-state index in [1.165, 1.54) is 18.4 Å². The van der Waals surface area contributed by atoms with Crippen molar-refractivity contribution in [3.8, 4) is 5.75 Å². The van der Waals surface area contributed by atoms with Gasteiger partial charge >= 0.3 is 0 Å². The fourth-order valence-electron chi connectivity index (χ4n) is 3.17. The Labute approximate surface area is 188 Å².